The maximum atomic E-state index is 13.4. The molecule has 35 heavy (non-hydrogen) atoms. The number of benzene rings is 3. The molecule has 0 aromatic heterocycles. The zero-order chi connectivity index (χ0) is 24.8. The maximum Gasteiger partial charge on any atom is 0.387 e. The Labute approximate surface area is 201 Å². The highest BCUT2D eigenvalue weighted by atomic mass is 19.3. The molecular formula is C26H25F2N3O4. The van der Waals surface area contributed by atoms with Crippen molar-refractivity contribution >= 4 is 11.9 Å². The van der Waals surface area contributed by atoms with Gasteiger partial charge in [0.25, 0.3) is 5.91 Å². The van der Waals surface area contributed by atoms with Crippen LogP contribution in [-0.2, 0) is 10.3 Å². The van der Waals surface area contributed by atoms with Gasteiger partial charge >= 0.3 is 6.61 Å². The third-order valence-electron chi connectivity index (χ3n) is 5.56. The van der Waals surface area contributed by atoms with Gasteiger partial charge < -0.3 is 19.9 Å². The van der Waals surface area contributed by atoms with E-state index >= 15 is 0 Å². The number of likely N-dealkylation sites (N-methyl/N-ethyl adjacent to an activating group) is 1. The number of alkyl halides is 2. The summed E-state index contributed by atoms with van der Waals surface area (Å²) in [5.41, 5.74) is 5.53. The van der Waals surface area contributed by atoms with Gasteiger partial charge in [-0.25, -0.2) is 4.99 Å². The van der Waals surface area contributed by atoms with Gasteiger partial charge in [0, 0.05) is 13.5 Å². The highest BCUT2D eigenvalue weighted by molar-refractivity contribution is 6.08. The molecule has 2 N–H and O–H groups in total. The monoisotopic (exact) mass is 481 g/mol. The number of nitrogens with zero attached hydrogens (tertiary/aromatic N) is 2. The second-order valence-electron chi connectivity index (χ2n) is 7.84. The number of amides is 1. The minimum Gasteiger partial charge on any atom is -0.493 e. The second kappa shape index (κ2) is 10.4. The van der Waals surface area contributed by atoms with Gasteiger partial charge in [-0.05, 0) is 47.5 Å². The number of carbonyl (C=O) groups is 1. The lowest BCUT2D eigenvalue weighted by Gasteiger charge is -2.26. The predicted molar refractivity (Wildman–Crippen MR) is 127 cm³/mol. The number of nitrogens with two attached hydrogens (primary N) is 1. The molecule has 1 aliphatic rings. The smallest absolute Gasteiger partial charge is 0.387 e. The molecule has 1 amide bonds. The van der Waals surface area contributed by atoms with Crippen molar-refractivity contribution in [1.29, 1.82) is 0 Å². The van der Waals surface area contributed by atoms with E-state index in [1.807, 2.05) is 30.3 Å². The first kappa shape index (κ1) is 24.0. The minimum absolute atomic E-state index is 0.0237. The first-order valence-electron chi connectivity index (χ1n) is 11.0. The van der Waals surface area contributed by atoms with Crippen LogP contribution in [0.4, 0.5) is 8.78 Å². The molecule has 9 heteroatoms. The maximum absolute atomic E-state index is 13.4. The molecule has 1 atom stereocenters. The van der Waals surface area contributed by atoms with Crippen molar-refractivity contribution in [3.8, 4) is 17.2 Å². The molecule has 0 aliphatic carbocycles. The van der Waals surface area contributed by atoms with E-state index in [0.717, 1.165) is 5.75 Å². The number of hydrogen-bond donors (Lipinski definition) is 1. The molecule has 0 saturated heterocycles. The van der Waals surface area contributed by atoms with Crippen molar-refractivity contribution in [2.24, 2.45) is 10.7 Å². The van der Waals surface area contributed by atoms with Gasteiger partial charge in [-0.15, -0.1) is 0 Å². The first-order chi connectivity index (χ1) is 16.9. The lowest BCUT2D eigenvalue weighted by Crippen LogP contribution is -2.41. The van der Waals surface area contributed by atoms with Gasteiger partial charge in [0.1, 0.15) is 17.2 Å². The molecule has 0 saturated carbocycles. The van der Waals surface area contributed by atoms with E-state index in [-0.39, 0.29) is 17.6 Å². The zero-order valence-electron chi connectivity index (χ0n) is 19.1. The normalized spacial score (nSPS) is 17.4. The van der Waals surface area contributed by atoms with Crippen molar-refractivity contribution in [2.75, 3.05) is 20.3 Å². The highest BCUT2D eigenvalue weighted by Gasteiger charge is 2.49. The summed E-state index contributed by atoms with van der Waals surface area (Å²) >= 11 is 0. The molecule has 4 rings (SSSR count). The van der Waals surface area contributed by atoms with Crippen LogP contribution in [0.3, 0.4) is 0 Å². The summed E-state index contributed by atoms with van der Waals surface area (Å²) in [6.07, 6.45) is 0.655. The van der Waals surface area contributed by atoms with Crippen LogP contribution in [0.5, 0.6) is 17.2 Å². The van der Waals surface area contributed by atoms with E-state index in [1.54, 1.807) is 24.3 Å². The summed E-state index contributed by atoms with van der Waals surface area (Å²) in [6.45, 7) is -2.05. The highest BCUT2D eigenvalue weighted by Crippen LogP contribution is 2.40. The molecule has 0 spiro atoms. The van der Waals surface area contributed by atoms with Crippen LogP contribution in [-0.4, -0.2) is 43.6 Å². The van der Waals surface area contributed by atoms with Crippen molar-refractivity contribution in [3.05, 3.63) is 90.0 Å². The van der Waals surface area contributed by atoms with Crippen LogP contribution < -0.4 is 19.9 Å². The van der Waals surface area contributed by atoms with Gasteiger partial charge in [0.05, 0.1) is 13.2 Å². The number of ether oxygens (including phenoxy) is 3. The van der Waals surface area contributed by atoms with Crippen LogP contribution in [0.25, 0.3) is 0 Å². The number of guanidine groups is 1. The quantitative estimate of drug-likeness (QED) is 0.440. The van der Waals surface area contributed by atoms with Gasteiger partial charge in [-0.3, -0.25) is 9.69 Å². The number of rotatable bonds is 10. The van der Waals surface area contributed by atoms with E-state index in [1.165, 1.54) is 36.2 Å². The lowest BCUT2D eigenvalue weighted by molar-refractivity contribution is -0.129. The molecule has 1 unspecified atom stereocenters. The Morgan fingerprint density at radius 2 is 1.54 bits per heavy atom. The van der Waals surface area contributed by atoms with Crippen molar-refractivity contribution in [1.82, 2.24) is 4.90 Å². The summed E-state index contributed by atoms with van der Waals surface area (Å²) in [4.78, 5) is 19.1. The number of para-hydroxylation sites is 1. The molecule has 3 aromatic carbocycles. The van der Waals surface area contributed by atoms with Crippen LogP contribution in [0, 0.1) is 0 Å². The zero-order valence-corrected chi connectivity index (χ0v) is 19.1. The number of carbonyl (C=O) groups excluding carboxylic acids is 1. The van der Waals surface area contributed by atoms with Crippen LogP contribution in [0.2, 0.25) is 0 Å². The van der Waals surface area contributed by atoms with E-state index < -0.39 is 12.2 Å². The molecule has 182 valence electrons. The average molecular weight is 481 g/mol. The Bertz CT molecular complexity index is 1190. The largest absolute Gasteiger partial charge is 0.493 e. The van der Waals surface area contributed by atoms with Gasteiger partial charge in [-0.2, -0.15) is 8.78 Å². The van der Waals surface area contributed by atoms with Crippen LogP contribution in [0.15, 0.2) is 83.9 Å². The third-order valence-corrected chi connectivity index (χ3v) is 5.56. The third kappa shape index (κ3) is 5.18. The van der Waals surface area contributed by atoms with E-state index in [4.69, 9.17) is 15.2 Å². The Kier molecular flexibility index (Phi) is 7.14. The summed E-state index contributed by atoms with van der Waals surface area (Å²) in [5.74, 6) is 0.999. The van der Waals surface area contributed by atoms with Crippen LogP contribution in [0.1, 0.15) is 17.5 Å². The first-order valence-corrected chi connectivity index (χ1v) is 11.0. The molecule has 1 heterocycles. The molecule has 3 aromatic rings. The summed E-state index contributed by atoms with van der Waals surface area (Å²) < 4.78 is 41.1. The Morgan fingerprint density at radius 1 is 0.886 bits per heavy atom. The van der Waals surface area contributed by atoms with Gasteiger partial charge in [0.15, 0.2) is 11.5 Å². The molecule has 0 radical (unpaired) electrons. The number of hydrogen-bond acceptors (Lipinski definition) is 6. The Hall–Kier alpha value is -4.14. The van der Waals surface area contributed by atoms with E-state index in [9.17, 15) is 13.6 Å². The van der Waals surface area contributed by atoms with Crippen molar-refractivity contribution in [3.63, 3.8) is 0 Å². The lowest BCUT2D eigenvalue weighted by atomic mass is 9.82. The van der Waals surface area contributed by atoms with Crippen molar-refractivity contribution < 1.29 is 27.8 Å². The molecule has 1 aliphatic heterocycles. The number of aliphatic imine (C=N–C) groups is 1. The number of halogens is 2. The Morgan fingerprint density at radius 3 is 2.17 bits per heavy atom. The average Bonchev–Trinajstić information content (AvgIpc) is 3.09. The van der Waals surface area contributed by atoms with E-state index in [2.05, 4.69) is 9.73 Å². The summed E-state index contributed by atoms with van der Waals surface area (Å²) in [5, 5.41) is 0. The summed E-state index contributed by atoms with van der Waals surface area (Å²) in [6, 6.07) is 22.3. The Balaban J connectivity index is 1.53. The van der Waals surface area contributed by atoms with Crippen molar-refractivity contribution in [2.45, 2.75) is 18.6 Å². The predicted octanol–water partition coefficient (Wildman–Crippen LogP) is 4.17. The molecule has 0 fully saturated rings. The molecular weight excluding hydrogens is 456 g/mol. The molecule has 7 nitrogen and oxygen atoms in total. The fourth-order valence-corrected chi connectivity index (χ4v) is 3.83. The van der Waals surface area contributed by atoms with Crippen LogP contribution >= 0.6 is 0 Å². The van der Waals surface area contributed by atoms with Gasteiger partial charge in [0.2, 0.25) is 0 Å². The van der Waals surface area contributed by atoms with Gasteiger partial charge in [-0.1, -0.05) is 42.5 Å². The SMILES string of the molecule is CN1C(=O)C(c2ccc(OC(F)F)cc2)(c2cccc(OCCCOc3ccccc3)c2)N=C1N. The molecule has 0 bridgehead atoms. The summed E-state index contributed by atoms with van der Waals surface area (Å²) in [7, 11) is 1.53. The fourth-order valence-electron chi connectivity index (χ4n) is 3.83. The minimum atomic E-state index is -2.95. The fraction of sp³-hybridized carbons (Fsp3) is 0.231. The standard InChI is InChI=1S/C26H25F2N3O4/c1-31-23(32)26(30-25(31)29,18-11-13-21(14-12-18)35-24(27)28)19-7-5-10-22(17-19)34-16-6-15-33-20-8-3-2-4-9-20/h2-5,7-14,17,24H,6,15-16H2,1H3,(H2,29,30). The van der Waals surface area contributed by atoms with E-state index in [0.29, 0.717) is 36.5 Å². The second-order valence-corrected chi connectivity index (χ2v) is 7.84. The topological polar surface area (TPSA) is 86.4 Å².